The van der Waals surface area contributed by atoms with E-state index in [1.807, 2.05) is 13.1 Å². The predicted molar refractivity (Wildman–Crippen MR) is 73.8 cm³/mol. The SMILES string of the molecule is COc1cc(NC(C)c2cc(Br)cs2)nn1C. The topological polar surface area (TPSA) is 39.1 Å². The van der Waals surface area contributed by atoms with Crippen molar-refractivity contribution in [3.8, 4) is 5.88 Å². The molecule has 1 atom stereocenters. The molecule has 2 aromatic heterocycles. The second-order valence-electron chi connectivity index (χ2n) is 3.73. The van der Waals surface area contributed by atoms with Gasteiger partial charge in [-0.3, -0.25) is 0 Å². The van der Waals surface area contributed by atoms with Crippen molar-refractivity contribution in [2.45, 2.75) is 13.0 Å². The average molecular weight is 316 g/mol. The van der Waals surface area contributed by atoms with Gasteiger partial charge in [-0.25, -0.2) is 4.68 Å². The zero-order chi connectivity index (χ0) is 12.4. The molecule has 0 saturated heterocycles. The molecule has 1 unspecified atom stereocenters. The number of hydrogen-bond donors (Lipinski definition) is 1. The third kappa shape index (κ3) is 2.81. The zero-order valence-corrected chi connectivity index (χ0v) is 12.3. The minimum Gasteiger partial charge on any atom is -0.481 e. The van der Waals surface area contributed by atoms with Crippen LogP contribution in [0.5, 0.6) is 5.88 Å². The Balaban J connectivity index is 2.09. The smallest absolute Gasteiger partial charge is 0.213 e. The summed E-state index contributed by atoms with van der Waals surface area (Å²) in [6, 6.07) is 4.23. The first-order valence-electron chi connectivity index (χ1n) is 5.18. The van der Waals surface area contributed by atoms with E-state index in [0.717, 1.165) is 16.2 Å². The summed E-state index contributed by atoms with van der Waals surface area (Å²) in [7, 11) is 3.50. The Bertz CT molecular complexity index is 509. The first-order valence-corrected chi connectivity index (χ1v) is 6.86. The molecule has 0 amide bonds. The monoisotopic (exact) mass is 315 g/mol. The fourth-order valence-electron chi connectivity index (χ4n) is 1.56. The minimum absolute atomic E-state index is 0.228. The molecule has 0 aliphatic heterocycles. The van der Waals surface area contributed by atoms with Crippen molar-refractivity contribution in [3.63, 3.8) is 0 Å². The minimum atomic E-state index is 0.228. The number of hydrogen-bond acceptors (Lipinski definition) is 4. The molecule has 0 radical (unpaired) electrons. The highest BCUT2D eigenvalue weighted by Crippen LogP contribution is 2.28. The Morgan fingerprint density at radius 2 is 2.29 bits per heavy atom. The lowest BCUT2D eigenvalue weighted by atomic mass is 10.3. The Hall–Kier alpha value is -1.01. The highest BCUT2D eigenvalue weighted by molar-refractivity contribution is 9.10. The molecule has 2 heterocycles. The Morgan fingerprint density at radius 3 is 2.82 bits per heavy atom. The quantitative estimate of drug-likeness (QED) is 0.939. The van der Waals surface area contributed by atoms with Gasteiger partial charge in [0.2, 0.25) is 5.88 Å². The number of nitrogens with one attached hydrogen (secondary N) is 1. The number of rotatable bonds is 4. The first kappa shape index (κ1) is 12.4. The van der Waals surface area contributed by atoms with E-state index in [0.29, 0.717) is 0 Å². The highest BCUT2D eigenvalue weighted by Gasteiger charge is 2.11. The molecule has 17 heavy (non-hydrogen) atoms. The lowest BCUT2D eigenvalue weighted by Crippen LogP contribution is -2.05. The van der Waals surface area contributed by atoms with E-state index in [2.05, 4.69) is 44.7 Å². The van der Waals surface area contributed by atoms with E-state index in [4.69, 9.17) is 4.74 Å². The fraction of sp³-hybridized carbons (Fsp3) is 0.364. The number of aryl methyl sites for hydroxylation is 1. The van der Waals surface area contributed by atoms with Gasteiger partial charge in [-0.05, 0) is 28.9 Å². The Kier molecular flexibility index (Phi) is 3.73. The number of halogens is 1. The summed E-state index contributed by atoms with van der Waals surface area (Å²) in [5.41, 5.74) is 0. The number of methoxy groups -OCH3 is 1. The van der Waals surface area contributed by atoms with Gasteiger partial charge in [0.25, 0.3) is 0 Å². The van der Waals surface area contributed by atoms with Crippen LogP contribution in [-0.2, 0) is 7.05 Å². The van der Waals surface area contributed by atoms with Crippen LogP contribution in [0.15, 0.2) is 22.0 Å². The summed E-state index contributed by atoms with van der Waals surface area (Å²) in [4.78, 5) is 1.27. The Labute approximate surface area is 113 Å². The molecule has 0 aromatic carbocycles. The van der Waals surface area contributed by atoms with Crippen LogP contribution in [-0.4, -0.2) is 16.9 Å². The van der Waals surface area contributed by atoms with E-state index >= 15 is 0 Å². The highest BCUT2D eigenvalue weighted by atomic mass is 79.9. The second kappa shape index (κ2) is 5.10. The second-order valence-corrected chi connectivity index (χ2v) is 5.59. The van der Waals surface area contributed by atoms with E-state index in [1.165, 1.54) is 4.88 Å². The molecule has 0 saturated carbocycles. The van der Waals surface area contributed by atoms with Crippen LogP contribution in [0, 0.1) is 0 Å². The van der Waals surface area contributed by atoms with Crippen LogP contribution < -0.4 is 10.1 Å². The van der Waals surface area contributed by atoms with Crippen molar-refractivity contribution in [2.24, 2.45) is 7.05 Å². The van der Waals surface area contributed by atoms with Gasteiger partial charge < -0.3 is 10.1 Å². The van der Waals surface area contributed by atoms with Crippen LogP contribution in [0.1, 0.15) is 17.8 Å². The van der Waals surface area contributed by atoms with Crippen LogP contribution >= 0.6 is 27.3 Å². The van der Waals surface area contributed by atoms with Crippen molar-refractivity contribution in [2.75, 3.05) is 12.4 Å². The van der Waals surface area contributed by atoms with E-state index in [1.54, 1.807) is 23.1 Å². The van der Waals surface area contributed by atoms with Gasteiger partial charge in [0.1, 0.15) is 0 Å². The maximum atomic E-state index is 5.17. The van der Waals surface area contributed by atoms with Gasteiger partial charge in [-0.15, -0.1) is 11.3 Å². The van der Waals surface area contributed by atoms with Crippen molar-refractivity contribution in [1.82, 2.24) is 9.78 Å². The average Bonchev–Trinajstić information content (AvgIpc) is 2.85. The van der Waals surface area contributed by atoms with Gasteiger partial charge in [-0.2, -0.15) is 5.10 Å². The molecular formula is C11H14BrN3OS. The molecule has 0 aliphatic carbocycles. The van der Waals surface area contributed by atoms with Crippen molar-refractivity contribution < 1.29 is 4.74 Å². The molecule has 0 aliphatic rings. The van der Waals surface area contributed by atoms with Gasteiger partial charge in [0.15, 0.2) is 5.82 Å². The molecule has 2 rings (SSSR count). The summed E-state index contributed by atoms with van der Waals surface area (Å²) < 4.78 is 8.00. The standard InChI is InChI=1S/C11H14BrN3OS/c1-7(9-4-8(12)6-17-9)13-10-5-11(16-3)15(2)14-10/h4-7H,1-3H3,(H,13,14). The number of ether oxygens (including phenoxy) is 1. The summed E-state index contributed by atoms with van der Waals surface area (Å²) in [6.45, 7) is 2.11. The Morgan fingerprint density at radius 1 is 1.53 bits per heavy atom. The van der Waals surface area contributed by atoms with Crippen LogP contribution in [0.4, 0.5) is 5.82 Å². The molecule has 2 aromatic rings. The van der Waals surface area contributed by atoms with Crippen LogP contribution in [0.25, 0.3) is 0 Å². The van der Waals surface area contributed by atoms with Gasteiger partial charge >= 0.3 is 0 Å². The van der Waals surface area contributed by atoms with Crippen molar-refractivity contribution in [1.29, 1.82) is 0 Å². The van der Waals surface area contributed by atoms with Gasteiger partial charge in [0.05, 0.1) is 13.2 Å². The number of thiophene rings is 1. The maximum absolute atomic E-state index is 5.17. The maximum Gasteiger partial charge on any atom is 0.213 e. The van der Waals surface area contributed by atoms with E-state index in [9.17, 15) is 0 Å². The van der Waals surface area contributed by atoms with E-state index in [-0.39, 0.29) is 6.04 Å². The summed E-state index contributed by atoms with van der Waals surface area (Å²) in [6.07, 6.45) is 0. The normalized spacial score (nSPS) is 12.5. The third-order valence-electron chi connectivity index (χ3n) is 2.42. The predicted octanol–water partition coefficient (Wildman–Crippen LogP) is 3.43. The third-order valence-corrected chi connectivity index (χ3v) is 4.30. The van der Waals surface area contributed by atoms with Gasteiger partial charge in [-0.1, -0.05) is 0 Å². The largest absolute Gasteiger partial charge is 0.481 e. The first-order chi connectivity index (χ1) is 8.10. The zero-order valence-electron chi connectivity index (χ0n) is 9.90. The molecule has 4 nitrogen and oxygen atoms in total. The molecular weight excluding hydrogens is 302 g/mol. The number of nitrogens with zero attached hydrogens (tertiary/aromatic N) is 2. The number of aromatic nitrogens is 2. The van der Waals surface area contributed by atoms with Crippen molar-refractivity contribution >= 4 is 33.1 Å². The summed E-state index contributed by atoms with van der Waals surface area (Å²) >= 11 is 5.17. The van der Waals surface area contributed by atoms with Gasteiger partial charge in [0, 0.05) is 27.8 Å². The molecule has 0 bridgehead atoms. The van der Waals surface area contributed by atoms with Crippen LogP contribution in [0.2, 0.25) is 0 Å². The molecule has 1 N–H and O–H groups in total. The lowest BCUT2D eigenvalue weighted by Gasteiger charge is -2.10. The molecule has 92 valence electrons. The number of anilines is 1. The molecule has 6 heteroatoms. The van der Waals surface area contributed by atoms with Crippen LogP contribution in [0.3, 0.4) is 0 Å². The molecule has 0 spiro atoms. The van der Waals surface area contributed by atoms with Crippen molar-refractivity contribution in [3.05, 3.63) is 26.9 Å². The summed E-state index contributed by atoms with van der Waals surface area (Å²) in [5.74, 6) is 1.56. The lowest BCUT2D eigenvalue weighted by molar-refractivity contribution is 0.373. The summed E-state index contributed by atoms with van der Waals surface area (Å²) in [5, 5.41) is 9.75. The molecule has 0 fully saturated rings. The van der Waals surface area contributed by atoms with E-state index < -0.39 is 0 Å². The fourth-order valence-corrected chi connectivity index (χ4v) is 3.01.